The fourth-order valence-corrected chi connectivity index (χ4v) is 2.31. The van der Waals surface area contributed by atoms with Gasteiger partial charge in [-0.3, -0.25) is 14.5 Å². The SMILES string of the molecule is O=C([O-])C[C@@H](C(=O)[O-])N1C(=O)c2ccc(Br)cc2C1=O. The molecule has 0 N–H and O–H groups in total. The molecule has 2 rings (SSSR count). The average Bonchev–Trinajstić information content (AvgIpc) is 2.58. The van der Waals surface area contributed by atoms with Crippen LogP contribution in [-0.4, -0.2) is 34.7 Å². The van der Waals surface area contributed by atoms with Crippen LogP contribution in [0.3, 0.4) is 0 Å². The molecule has 104 valence electrons. The van der Waals surface area contributed by atoms with Crippen molar-refractivity contribution in [3.05, 3.63) is 33.8 Å². The molecule has 0 fully saturated rings. The molecule has 1 aromatic rings. The summed E-state index contributed by atoms with van der Waals surface area (Å²) in [5.74, 6) is -5.27. The number of carbonyl (C=O) groups is 4. The molecule has 0 saturated carbocycles. The topological polar surface area (TPSA) is 118 Å². The molecule has 1 atom stereocenters. The monoisotopic (exact) mass is 339 g/mol. The predicted octanol–water partition coefficient (Wildman–Crippen LogP) is -1.70. The number of hydrogen-bond donors (Lipinski definition) is 0. The Morgan fingerprint density at radius 1 is 1.15 bits per heavy atom. The molecule has 1 aliphatic rings. The van der Waals surface area contributed by atoms with Gasteiger partial charge in [0.15, 0.2) is 0 Å². The summed E-state index contributed by atoms with van der Waals surface area (Å²) < 4.78 is 0.532. The van der Waals surface area contributed by atoms with Gasteiger partial charge < -0.3 is 19.8 Å². The van der Waals surface area contributed by atoms with Crippen molar-refractivity contribution >= 4 is 39.7 Å². The van der Waals surface area contributed by atoms with Gasteiger partial charge in [-0.2, -0.15) is 0 Å². The fraction of sp³-hybridized carbons (Fsp3) is 0.167. The molecular weight excluding hydrogens is 334 g/mol. The zero-order valence-electron chi connectivity index (χ0n) is 9.79. The van der Waals surface area contributed by atoms with Crippen LogP contribution in [0.4, 0.5) is 0 Å². The van der Waals surface area contributed by atoms with E-state index in [1.807, 2.05) is 0 Å². The highest BCUT2D eigenvalue weighted by atomic mass is 79.9. The van der Waals surface area contributed by atoms with Crippen LogP contribution in [0.5, 0.6) is 0 Å². The number of aliphatic carboxylic acids is 2. The minimum Gasteiger partial charge on any atom is -0.550 e. The lowest BCUT2D eigenvalue weighted by Crippen LogP contribution is -2.52. The first-order chi connectivity index (χ1) is 9.32. The molecule has 20 heavy (non-hydrogen) atoms. The van der Waals surface area contributed by atoms with Crippen molar-refractivity contribution in [2.75, 3.05) is 0 Å². The van der Waals surface area contributed by atoms with Crippen molar-refractivity contribution in [2.24, 2.45) is 0 Å². The highest BCUT2D eigenvalue weighted by Crippen LogP contribution is 2.28. The van der Waals surface area contributed by atoms with Gasteiger partial charge in [0.1, 0.15) is 0 Å². The van der Waals surface area contributed by atoms with Gasteiger partial charge in [-0.25, -0.2) is 0 Å². The summed E-state index contributed by atoms with van der Waals surface area (Å²) >= 11 is 3.12. The number of amides is 2. The molecule has 0 saturated heterocycles. The lowest BCUT2D eigenvalue weighted by atomic mass is 10.1. The van der Waals surface area contributed by atoms with Gasteiger partial charge >= 0.3 is 0 Å². The Bertz CT molecular complexity index is 641. The quantitative estimate of drug-likeness (QED) is 0.603. The molecule has 0 bridgehead atoms. The van der Waals surface area contributed by atoms with Gasteiger partial charge in [0.25, 0.3) is 11.8 Å². The summed E-state index contributed by atoms with van der Waals surface area (Å²) in [7, 11) is 0. The van der Waals surface area contributed by atoms with Crippen molar-refractivity contribution in [1.29, 1.82) is 0 Å². The maximum absolute atomic E-state index is 12.1. The van der Waals surface area contributed by atoms with Gasteiger partial charge in [-0.05, 0) is 18.2 Å². The number of halogens is 1. The second-order valence-electron chi connectivity index (χ2n) is 4.08. The van der Waals surface area contributed by atoms with Crippen LogP contribution >= 0.6 is 15.9 Å². The Kier molecular flexibility index (Phi) is 3.58. The van der Waals surface area contributed by atoms with E-state index in [1.54, 1.807) is 0 Å². The molecule has 0 aliphatic carbocycles. The first-order valence-corrected chi connectivity index (χ1v) is 6.20. The summed E-state index contributed by atoms with van der Waals surface area (Å²) in [6.07, 6.45) is -1.02. The Labute approximate surface area is 120 Å². The van der Waals surface area contributed by atoms with E-state index in [9.17, 15) is 29.4 Å². The summed E-state index contributed by atoms with van der Waals surface area (Å²) in [5, 5.41) is 21.5. The summed E-state index contributed by atoms with van der Waals surface area (Å²) in [4.78, 5) is 46.0. The molecule has 1 heterocycles. The largest absolute Gasteiger partial charge is 0.550 e. The van der Waals surface area contributed by atoms with Crippen LogP contribution in [0.1, 0.15) is 27.1 Å². The summed E-state index contributed by atoms with van der Waals surface area (Å²) in [6, 6.07) is 2.33. The molecule has 0 radical (unpaired) electrons. The standard InChI is InChI=1S/C12H8BrNO6/c13-5-1-2-6-7(3-5)11(18)14(10(6)17)8(12(19)20)4-9(15)16/h1-3,8H,4H2,(H,15,16)(H,19,20)/p-2/t8-/m0/s1. The van der Waals surface area contributed by atoms with Crippen LogP contribution in [0, 0.1) is 0 Å². The lowest BCUT2D eigenvalue weighted by molar-refractivity contribution is -0.319. The molecule has 1 aliphatic heterocycles. The van der Waals surface area contributed by atoms with Crippen molar-refractivity contribution < 1.29 is 29.4 Å². The van der Waals surface area contributed by atoms with Gasteiger partial charge in [0.05, 0.1) is 23.1 Å². The Morgan fingerprint density at radius 3 is 2.30 bits per heavy atom. The molecule has 0 unspecified atom stereocenters. The maximum atomic E-state index is 12.1. The number of fused-ring (bicyclic) bond motifs is 1. The lowest BCUT2D eigenvalue weighted by Gasteiger charge is -2.27. The fourth-order valence-electron chi connectivity index (χ4n) is 1.95. The normalized spacial score (nSPS) is 15.2. The average molecular weight is 340 g/mol. The van der Waals surface area contributed by atoms with Gasteiger partial charge in [-0.1, -0.05) is 15.9 Å². The summed E-state index contributed by atoms with van der Waals surface area (Å²) in [5.41, 5.74) is 0.0248. The number of nitrogens with zero attached hydrogens (tertiary/aromatic N) is 1. The number of carboxylic acids is 2. The number of rotatable bonds is 4. The molecule has 1 aromatic carbocycles. The van der Waals surface area contributed by atoms with E-state index in [2.05, 4.69) is 15.9 Å². The number of carbonyl (C=O) groups excluding carboxylic acids is 4. The number of imide groups is 1. The van der Waals surface area contributed by atoms with Gasteiger partial charge in [-0.15, -0.1) is 0 Å². The molecule has 0 aromatic heterocycles. The van der Waals surface area contributed by atoms with Crippen molar-refractivity contribution in [3.63, 3.8) is 0 Å². The van der Waals surface area contributed by atoms with E-state index in [0.29, 0.717) is 9.37 Å². The Hall–Kier alpha value is -2.22. The third kappa shape index (κ3) is 2.29. The highest BCUT2D eigenvalue weighted by Gasteiger charge is 2.40. The van der Waals surface area contributed by atoms with Crippen LogP contribution in [0.2, 0.25) is 0 Å². The molecule has 2 amide bonds. The predicted molar refractivity (Wildman–Crippen MR) is 63.1 cm³/mol. The minimum absolute atomic E-state index is 0.00831. The Balaban J connectivity index is 2.45. The third-order valence-corrected chi connectivity index (χ3v) is 3.32. The van der Waals surface area contributed by atoms with Gasteiger partial charge in [0, 0.05) is 16.9 Å². The zero-order chi connectivity index (χ0) is 15.0. The highest BCUT2D eigenvalue weighted by molar-refractivity contribution is 9.10. The van der Waals surface area contributed by atoms with E-state index >= 15 is 0 Å². The number of hydrogen-bond acceptors (Lipinski definition) is 6. The van der Waals surface area contributed by atoms with Crippen LogP contribution in [0.15, 0.2) is 22.7 Å². The number of benzene rings is 1. The van der Waals surface area contributed by atoms with E-state index in [1.165, 1.54) is 18.2 Å². The smallest absolute Gasteiger partial charge is 0.262 e. The van der Waals surface area contributed by atoms with Crippen molar-refractivity contribution in [2.45, 2.75) is 12.5 Å². The second kappa shape index (κ2) is 5.04. The van der Waals surface area contributed by atoms with Crippen molar-refractivity contribution in [3.8, 4) is 0 Å². The second-order valence-corrected chi connectivity index (χ2v) is 5.00. The van der Waals surface area contributed by atoms with Crippen molar-refractivity contribution in [1.82, 2.24) is 4.90 Å². The molecular formula is C12H6BrNO6-2. The maximum Gasteiger partial charge on any atom is 0.262 e. The Morgan fingerprint density at radius 2 is 1.75 bits per heavy atom. The minimum atomic E-state index is -1.90. The zero-order valence-corrected chi connectivity index (χ0v) is 11.4. The van der Waals surface area contributed by atoms with Crippen LogP contribution in [0.25, 0.3) is 0 Å². The van der Waals surface area contributed by atoms with E-state index in [0.717, 1.165) is 0 Å². The van der Waals surface area contributed by atoms with E-state index in [4.69, 9.17) is 0 Å². The van der Waals surface area contributed by atoms with Crippen LogP contribution < -0.4 is 10.2 Å². The molecule has 7 nitrogen and oxygen atoms in total. The molecule has 0 spiro atoms. The van der Waals surface area contributed by atoms with Crippen LogP contribution in [-0.2, 0) is 9.59 Å². The van der Waals surface area contributed by atoms with E-state index < -0.39 is 36.2 Å². The first-order valence-electron chi connectivity index (χ1n) is 5.41. The number of carboxylic acid groups (broad SMARTS) is 2. The van der Waals surface area contributed by atoms with E-state index in [-0.39, 0.29) is 11.1 Å². The first kappa shape index (κ1) is 14.2. The molecule has 8 heteroatoms. The summed E-state index contributed by atoms with van der Waals surface area (Å²) in [6.45, 7) is 0. The third-order valence-electron chi connectivity index (χ3n) is 2.82. The van der Waals surface area contributed by atoms with Gasteiger partial charge in [0.2, 0.25) is 0 Å².